The number of hydroxylamine groups is 2. The van der Waals surface area contributed by atoms with Gasteiger partial charge in [0.2, 0.25) is 5.88 Å². The van der Waals surface area contributed by atoms with Crippen molar-refractivity contribution in [1.29, 1.82) is 0 Å². The van der Waals surface area contributed by atoms with Gasteiger partial charge in [-0.3, -0.25) is 4.79 Å². The van der Waals surface area contributed by atoms with Crippen molar-refractivity contribution in [3.8, 4) is 11.8 Å². The summed E-state index contributed by atoms with van der Waals surface area (Å²) in [5.74, 6) is 0.442. The van der Waals surface area contributed by atoms with Crippen molar-refractivity contribution in [2.75, 3.05) is 12.3 Å². The number of aryl methyl sites for hydroxylation is 1. The topological polar surface area (TPSA) is 90.6 Å². The summed E-state index contributed by atoms with van der Waals surface area (Å²) in [4.78, 5) is 26.2. The molecule has 0 radical (unpaired) electrons. The molecule has 24 heavy (non-hydrogen) atoms. The highest BCUT2D eigenvalue weighted by molar-refractivity contribution is 5.94. The molecule has 1 amide bonds. The summed E-state index contributed by atoms with van der Waals surface area (Å²) < 4.78 is 18.0. The summed E-state index contributed by atoms with van der Waals surface area (Å²) >= 11 is 0. The van der Waals surface area contributed by atoms with Crippen molar-refractivity contribution in [3.05, 3.63) is 41.1 Å². The van der Waals surface area contributed by atoms with E-state index in [0.717, 1.165) is 5.56 Å². The van der Waals surface area contributed by atoms with Crippen LogP contribution in [0.1, 0.15) is 28.5 Å². The van der Waals surface area contributed by atoms with E-state index in [2.05, 4.69) is 9.97 Å². The van der Waals surface area contributed by atoms with Gasteiger partial charge in [-0.2, -0.15) is 10.0 Å². The zero-order chi connectivity index (χ0) is 17.3. The Hall–Kier alpha value is -2.90. The van der Waals surface area contributed by atoms with Crippen LogP contribution in [-0.4, -0.2) is 33.7 Å². The normalized spacial score (nSPS) is 14.0. The maximum absolute atomic E-state index is 12.8. The number of fused-ring (bicyclic) bond motifs is 1. The van der Waals surface area contributed by atoms with Crippen LogP contribution in [0.25, 0.3) is 0 Å². The molecule has 0 spiro atoms. The molecule has 1 aliphatic heterocycles. The number of hydrogen-bond acceptors (Lipinski definition) is 6. The minimum absolute atomic E-state index is 0.0933. The van der Waals surface area contributed by atoms with Gasteiger partial charge in [-0.25, -0.2) is 9.37 Å². The van der Waals surface area contributed by atoms with Gasteiger partial charge in [-0.15, -0.1) is 0 Å². The molecule has 0 fully saturated rings. The number of rotatable bonds is 4. The van der Waals surface area contributed by atoms with Gasteiger partial charge in [-0.1, -0.05) is 0 Å². The van der Waals surface area contributed by atoms with E-state index in [4.69, 9.17) is 15.3 Å². The second-order valence-corrected chi connectivity index (χ2v) is 5.56. The first-order valence-electron chi connectivity index (χ1n) is 7.43. The standard InChI is InChI=1S/C16H17FN4O3/c1-9(17)8-23-14-4-3-11-7-21(24-15(11)20-14)16(22)12-5-10(2)19-13(18)6-12/h3-6,9H,7-8H2,1-2H3,(H2,18,19). The first kappa shape index (κ1) is 16.0. The fourth-order valence-corrected chi connectivity index (χ4v) is 2.30. The summed E-state index contributed by atoms with van der Waals surface area (Å²) in [5.41, 5.74) is 7.44. The number of pyridine rings is 2. The van der Waals surface area contributed by atoms with E-state index in [-0.39, 0.29) is 36.6 Å². The smallest absolute Gasteiger partial charge is 0.287 e. The Morgan fingerprint density at radius 2 is 2.25 bits per heavy atom. The number of alkyl halides is 1. The number of halogens is 1. The molecule has 0 aliphatic carbocycles. The largest absolute Gasteiger partial charge is 0.474 e. The Bertz CT molecular complexity index is 762. The van der Waals surface area contributed by atoms with E-state index in [1.807, 2.05) is 0 Å². The van der Waals surface area contributed by atoms with Crippen molar-refractivity contribution in [2.45, 2.75) is 26.6 Å². The Balaban J connectivity index is 1.74. The summed E-state index contributed by atoms with van der Waals surface area (Å²) in [6.45, 7) is 3.31. The number of aromatic nitrogens is 2. The first-order valence-corrected chi connectivity index (χ1v) is 7.43. The fraction of sp³-hybridized carbons (Fsp3) is 0.312. The average Bonchev–Trinajstić information content (AvgIpc) is 2.94. The lowest BCUT2D eigenvalue weighted by atomic mass is 10.2. The first-order chi connectivity index (χ1) is 11.4. The number of nitrogens with two attached hydrogens (primary N) is 1. The molecule has 2 N–H and O–H groups in total. The van der Waals surface area contributed by atoms with Gasteiger partial charge in [0, 0.05) is 22.9 Å². The fourth-order valence-electron chi connectivity index (χ4n) is 2.30. The molecule has 1 unspecified atom stereocenters. The molecule has 0 bridgehead atoms. The van der Waals surface area contributed by atoms with E-state index in [9.17, 15) is 9.18 Å². The van der Waals surface area contributed by atoms with Crippen molar-refractivity contribution in [1.82, 2.24) is 15.0 Å². The summed E-state index contributed by atoms with van der Waals surface area (Å²) in [6.07, 6.45) is -1.10. The molecule has 1 aliphatic rings. The average molecular weight is 332 g/mol. The molecular formula is C16H17FN4O3. The quantitative estimate of drug-likeness (QED) is 0.921. The van der Waals surface area contributed by atoms with Crippen LogP contribution >= 0.6 is 0 Å². The van der Waals surface area contributed by atoms with Crippen LogP contribution in [0.4, 0.5) is 10.2 Å². The molecule has 7 nitrogen and oxygen atoms in total. The molecule has 126 valence electrons. The monoisotopic (exact) mass is 332 g/mol. The lowest BCUT2D eigenvalue weighted by Crippen LogP contribution is -2.29. The van der Waals surface area contributed by atoms with Gasteiger partial charge in [-0.05, 0) is 32.0 Å². The number of hydrogen-bond donors (Lipinski definition) is 1. The lowest BCUT2D eigenvalue weighted by molar-refractivity contribution is -0.0237. The minimum Gasteiger partial charge on any atom is -0.474 e. The van der Waals surface area contributed by atoms with Gasteiger partial charge >= 0.3 is 0 Å². The van der Waals surface area contributed by atoms with Crippen molar-refractivity contribution in [2.24, 2.45) is 0 Å². The van der Waals surface area contributed by atoms with Gasteiger partial charge in [0.1, 0.15) is 18.6 Å². The van der Waals surface area contributed by atoms with Crippen LogP contribution in [-0.2, 0) is 6.54 Å². The zero-order valence-electron chi connectivity index (χ0n) is 13.3. The molecule has 1 atom stereocenters. The third-order valence-electron chi connectivity index (χ3n) is 3.33. The summed E-state index contributed by atoms with van der Waals surface area (Å²) in [5, 5.41) is 1.19. The van der Waals surface area contributed by atoms with E-state index >= 15 is 0 Å². The predicted octanol–water partition coefficient (Wildman–Crippen LogP) is 2.05. The molecule has 3 rings (SSSR count). The van der Waals surface area contributed by atoms with Gasteiger partial charge in [0.05, 0.1) is 6.54 Å². The number of carbonyl (C=O) groups is 1. The molecule has 0 saturated carbocycles. The molecule has 0 saturated heterocycles. The molecular weight excluding hydrogens is 315 g/mol. The Morgan fingerprint density at radius 3 is 2.96 bits per heavy atom. The third-order valence-corrected chi connectivity index (χ3v) is 3.33. The number of nitrogen functional groups attached to an aromatic ring is 1. The SMILES string of the molecule is Cc1cc(C(=O)N2Cc3ccc(OCC(C)F)nc3O2)cc(N)n1. The van der Waals surface area contributed by atoms with Gasteiger partial charge < -0.3 is 15.3 Å². The Morgan fingerprint density at radius 1 is 1.46 bits per heavy atom. The second-order valence-electron chi connectivity index (χ2n) is 5.56. The highest BCUT2D eigenvalue weighted by Gasteiger charge is 2.28. The zero-order valence-corrected chi connectivity index (χ0v) is 13.3. The highest BCUT2D eigenvalue weighted by atomic mass is 19.1. The third kappa shape index (κ3) is 3.37. The summed E-state index contributed by atoms with van der Waals surface area (Å²) in [6, 6.07) is 6.48. The van der Waals surface area contributed by atoms with Crippen LogP contribution < -0.4 is 15.3 Å². The molecule has 8 heteroatoms. The number of nitrogens with zero attached hydrogens (tertiary/aromatic N) is 3. The van der Waals surface area contributed by atoms with Crippen molar-refractivity contribution in [3.63, 3.8) is 0 Å². The number of anilines is 1. The Kier molecular flexibility index (Phi) is 4.20. The van der Waals surface area contributed by atoms with E-state index < -0.39 is 6.17 Å². The maximum Gasteiger partial charge on any atom is 0.287 e. The maximum atomic E-state index is 12.8. The van der Waals surface area contributed by atoms with Gasteiger partial charge in [0.15, 0.2) is 0 Å². The predicted molar refractivity (Wildman–Crippen MR) is 84.2 cm³/mol. The molecule has 0 aromatic carbocycles. The number of carbonyl (C=O) groups excluding carboxylic acids is 1. The minimum atomic E-state index is -1.10. The van der Waals surface area contributed by atoms with Gasteiger partial charge in [0.25, 0.3) is 11.8 Å². The second kappa shape index (κ2) is 6.31. The molecule has 2 aromatic heterocycles. The van der Waals surface area contributed by atoms with Crippen LogP contribution in [0.3, 0.4) is 0 Å². The highest BCUT2D eigenvalue weighted by Crippen LogP contribution is 2.29. The lowest BCUT2D eigenvalue weighted by Gasteiger charge is -2.14. The number of ether oxygens (including phenoxy) is 1. The molecule has 3 heterocycles. The number of amides is 1. The van der Waals surface area contributed by atoms with E-state index in [1.165, 1.54) is 18.1 Å². The molecule has 2 aromatic rings. The van der Waals surface area contributed by atoms with E-state index in [1.54, 1.807) is 25.1 Å². The van der Waals surface area contributed by atoms with Crippen molar-refractivity contribution < 1.29 is 18.8 Å². The van der Waals surface area contributed by atoms with E-state index in [0.29, 0.717) is 11.3 Å². The van der Waals surface area contributed by atoms with Crippen LogP contribution in [0.5, 0.6) is 11.8 Å². The van der Waals surface area contributed by atoms with Crippen molar-refractivity contribution >= 4 is 11.7 Å². The van der Waals surface area contributed by atoms with Crippen LogP contribution in [0.2, 0.25) is 0 Å². The van der Waals surface area contributed by atoms with Crippen LogP contribution in [0.15, 0.2) is 24.3 Å². The Labute approximate surface area is 138 Å². The van der Waals surface area contributed by atoms with Crippen LogP contribution in [0, 0.1) is 6.92 Å². The summed E-state index contributed by atoms with van der Waals surface area (Å²) in [7, 11) is 0.